The smallest absolute Gasteiger partial charge is 0.246 e. The molecule has 3 heterocycles. The van der Waals surface area contributed by atoms with Crippen LogP contribution in [0.4, 0.5) is 5.95 Å². The Morgan fingerprint density at radius 1 is 1.57 bits per heavy atom. The van der Waals surface area contributed by atoms with E-state index in [2.05, 4.69) is 15.0 Å². The standard InChI is InChI=1S/C12H17N5O4/c1-12(19)3-6(4-18)21-10(12)17-5-14-7-8(17)15-11(13)16-9(7)20-2/h5-6,10,18-19H,3-4H2,1-2H3,(H2,13,15,16)/t6-,10+,12+/m0/s1. The van der Waals surface area contributed by atoms with Gasteiger partial charge < -0.3 is 25.4 Å². The van der Waals surface area contributed by atoms with Crippen LogP contribution in [0, 0.1) is 0 Å². The number of methoxy groups -OCH3 is 1. The summed E-state index contributed by atoms with van der Waals surface area (Å²) in [4.78, 5) is 12.3. The van der Waals surface area contributed by atoms with Crippen molar-refractivity contribution in [3.63, 3.8) is 0 Å². The fourth-order valence-electron chi connectivity index (χ4n) is 2.63. The number of nitrogens with zero attached hydrogens (tertiary/aromatic N) is 4. The third kappa shape index (κ3) is 2.19. The van der Waals surface area contributed by atoms with Crippen LogP contribution < -0.4 is 10.5 Å². The van der Waals surface area contributed by atoms with Gasteiger partial charge in [-0.2, -0.15) is 9.97 Å². The van der Waals surface area contributed by atoms with Gasteiger partial charge in [0.1, 0.15) is 5.60 Å². The number of aliphatic hydroxyl groups excluding tert-OH is 1. The second-order valence-corrected chi connectivity index (χ2v) is 5.27. The summed E-state index contributed by atoms with van der Waals surface area (Å²) >= 11 is 0. The van der Waals surface area contributed by atoms with Gasteiger partial charge in [-0.15, -0.1) is 0 Å². The maximum absolute atomic E-state index is 10.5. The van der Waals surface area contributed by atoms with Crippen molar-refractivity contribution < 1.29 is 19.7 Å². The molecule has 4 N–H and O–H groups in total. The summed E-state index contributed by atoms with van der Waals surface area (Å²) < 4.78 is 12.4. The summed E-state index contributed by atoms with van der Waals surface area (Å²) in [5, 5.41) is 19.7. The van der Waals surface area contributed by atoms with Gasteiger partial charge in [0.15, 0.2) is 17.4 Å². The van der Waals surface area contributed by atoms with Crippen LogP contribution in [0.5, 0.6) is 5.88 Å². The van der Waals surface area contributed by atoms with Crippen molar-refractivity contribution in [3.05, 3.63) is 6.33 Å². The molecule has 0 radical (unpaired) electrons. The number of anilines is 1. The fraction of sp³-hybridized carbons (Fsp3) is 0.583. The van der Waals surface area contributed by atoms with Crippen molar-refractivity contribution in [1.82, 2.24) is 19.5 Å². The molecule has 0 aliphatic carbocycles. The van der Waals surface area contributed by atoms with E-state index in [9.17, 15) is 10.2 Å². The maximum atomic E-state index is 10.5. The van der Waals surface area contributed by atoms with Gasteiger partial charge in [0.2, 0.25) is 11.8 Å². The average Bonchev–Trinajstić information content (AvgIpc) is 2.97. The minimum Gasteiger partial charge on any atom is -0.479 e. The van der Waals surface area contributed by atoms with Gasteiger partial charge in [-0.1, -0.05) is 0 Å². The Hall–Kier alpha value is -1.97. The lowest BCUT2D eigenvalue weighted by Crippen LogP contribution is -2.31. The van der Waals surface area contributed by atoms with E-state index in [0.717, 1.165) is 0 Å². The Balaban J connectivity index is 2.11. The minimum atomic E-state index is -1.16. The molecule has 1 fully saturated rings. The normalized spacial score (nSPS) is 29.1. The van der Waals surface area contributed by atoms with Crippen LogP contribution in [-0.4, -0.2) is 55.2 Å². The Morgan fingerprint density at radius 3 is 2.95 bits per heavy atom. The number of ether oxygens (including phenoxy) is 2. The number of hydrogen-bond donors (Lipinski definition) is 3. The molecular formula is C12H17N5O4. The van der Waals surface area contributed by atoms with Crippen LogP contribution in [0.3, 0.4) is 0 Å². The Labute approximate surface area is 120 Å². The topological polar surface area (TPSA) is 129 Å². The molecule has 3 atom stereocenters. The highest BCUT2D eigenvalue weighted by Gasteiger charge is 2.45. The predicted octanol–water partition coefficient (Wildman–Crippen LogP) is -0.552. The molecular weight excluding hydrogens is 278 g/mol. The fourth-order valence-corrected chi connectivity index (χ4v) is 2.63. The van der Waals surface area contributed by atoms with Crippen molar-refractivity contribution in [2.24, 2.45) is 0 Å². The first-order chi connectivity index (χ1) is 9.96. The second-order valence-electron chi connectivity index (χ2n) is 5.27. The van der Waals surface area contributed by atoms with Crippen molar-refractivity contribution in [1.29, 1.82) is 0 Å². The summed E-state index contributed by atoms with van der Waals surface area (Å²) in [5.41, 5.74) is 5.34. The Morgan fingerprint density at radius 2 is 2.33 bits per heavy atom. The predicted molar refractivity (Wildman–Crippen MR) is 72.5 cm³/mol. The lowest BCUT2D eigenvalue weighted by molar-refractivity contribution is -0.0854. The highest BCUT2D eigenvalue weighted by molar-refractivity contribution is 5.77. The van der Waals surface area contributed by atoms with Gasteiger partial charge in [0.25, 0.3) is 0 Å². The van der Waals surface area contributed by atoms with Crippen LogP contribution >= 0.6 is 0 Å². The summed E-state index contributed by atoms with van der Waals surface area (Å²) in [6.07, 6.45) is 0.633. The van der Waals surface area contributed by atoms with Gasteiger partial charge >= 0.3 is 0 Å². The molecule has 0 bridgehead atoms. The lowest BCUT2D eigenvalue weighted by atomic mass is 10.0. The number of hydrogen-bond acceptors (Lipinski definition) is 8. The number of imidazole rings is 1. The molecule has 9 nitrogen and oxygen atoms in total. The van der Waals surface area contributed by atoms with Crippen molar-refractivity contribution in [3.8, 4) is 5.88 Å². The van der Waals surface area contributed by atoms with Crippen molar-refractivity contribution in [2.45, 2.75) is 31.3 Å². The molecule has 0 amide bonds. The number of nitrogen functional groups attached to an aromatic ring is 1. The number of rotatable bonds is 3. The molecule has 1 aliphatic rings. The van der Waals surface area contributed by atoms with E-state index in [1.54, 1.807) is 11.5 Å². The molecule has 21 heavy (non-hydrogen) atoms. The third-order valence-corrected chi connectivity index (χ3v) is 3.55. The number of aromatic nitrogens is 4. The van der Waals surface area contributed by atoms with Gasteiger partial charge in [-0.3, -0.25) is 4.57 Å². The van der Waals surface area contributed by atoms with Crippen molar-refractivity contribution >= 4 is 17.1 Å². The zero-order valence-corrected chi connectivity index (χ0v) is 11.7. The first kappa shape index (κ1) is 14.0. The first-order valence-corrected chi connectivity index (χ1v) is 6.49. The largest absolute Gasteiger partial charge is 0.479 e. The highest BCUT2D eigenvalue weighted by atomic mass is 16.5. The number of nitrogens with two attached hydrogens (primary N) is 1. The second kappa shape index (κ2) is 4.79. The van der Waals surface area contributed by atoms with Gasteiger partial charge in [0, 0.05) is 6.42 Å². The van der Waals surface area contributed by atoms with Crippen LogP contribution in [0.15, 0.2) is 6.33 Å². The Kier molecular flexibility index (Phi) is 3.19. The summed E-state index contributed by atoms with van der Waals surface area (Å²) in [6, 6.07) is 0. The summed E-state index contributed by atoms with van der Waals surface area (Å²) in [5.74, 6) is 0.296. The zero-order valence-electron chi connectivity index (χ0n) is 11.7. The average molecular weight is 295 g/mol. The molecule has 2 aromatic heterocycles. The van der Waals surface area contributed by atoms with E-state index >= 15 is 0 Å². The van der Waals surface area contributed by atoms with Crippen LogP contribution in [-0.2, 0) is 4.74 Å². The lowest BCUT2D eigenvalue weighted by Gasteiger charge is -2.24. The van der Waals surface area contributed by atoms with E-state index in [4.69, 9.17) is 15.2 Å². The first-order valence-electron chi connectivity index (χ1n) is 6.49. The maximum Gasteiger partial charge on any atom is 0.246 e. The molecule has 0 saturated carbocycles. The summed E-state index contributed by atoms with van der Waals surface area (Å²) in [6.45, 7) is 1.47. The van der Waals surface area contributed by atoms with E-state index < -0.39 is 17.9 Å². The van der Waals surface area contributed by atoms with Crippen LogP contribution in [0.1, 0.15) is 19.6 Å². The quantitative estimate of drug-likeness (QED) is 0.688. The molecule has 9 heteroatoms. The van der Waals surface area contributed by atoms with E-state index in [-0.39, 0.29) is 18.4 Å². The number of fused-ring (bicyclic) bond motifs is 1. The molecule has 0 unspecified atom stereocenters. The van der Waals surface area contributed by atoms with E-state index in [0.29, 0.717) is 17.6 Å². The number of aliphatic hydroxyl groups is 2. The molecule has 1 aliphatic heterocycles. The van der Waals surface area contributed by atoms with Crippen molar-refractivity contribution in [2.75, 3.05) is 19.5 Å². The molecule has 3 rings (SSSR count). The molecule has 0 aromatic carbocycles. The Bertz CT molecular complexity index is 671. The van der Waals surface area contributed by atoms with Gasteiger partial charge in [0.05, 0.1) is 26.1 Å². The molecule has 1 saturated heterocycles. The van der Waals surface area contributed by atoms with Crippen LogP contribution in [0.2, 0.25) is 0 Å². The van der Waals surface area contributed by atoms with E-state index in [1.807, 2.05) is 0 Å². The van der Waals surface area contributed by atoms with Gasteiger partial charge in [-0.25, -0.2) is 4.98 Å². The SMILES string of the molecule is COc1nc(N)nc2c1ncn2[C@@H]1O[C@H](CO)C[C@@]1(C)O. The van der Waals surface area contributed by atoms with Crippen LogP contribution in [0.25, 0.3) is 11.2 Å². The molecule has 114 valence electrons. The third-order valence-electron chi connectivity index (χ3n) is 3.55. The molecule has 0 spiro atoms. The minimum absolute atomic E-state index is 0.0393. The zero-order chi connectivity index (χ0) is 15.2. The monoisotopic (exact) mass is 295 g/mol. The van der Waals surface area contributed by atoms with Gasteiger partial charge in [-0.05, 0) is 6.92 Å². The molecule has 2 aromatic rings. The summed E-state index contributed by atoms with van der Waals surface area (Å²) in [7, 11) is 1.46. The van der Waals surface area contributed by atoms with E-state index in [1.165, 1.54) is 13.4 Å². The highest BCUT2D eigenvalue weighted by Crippen LogP contribution is 2.39.